The Hall–Kier alpha value is -3.00. The monoisotopic (exact) mass is 414 g/mol. The summed E-state index contributed by atoms with van der Waals surface area (Å²) < 4.78 is 15.8. The Labute approximate surface area is 172 Å². The van der Waals surface area contributed by atoms with E-state index < -0.39 is 5.82 Å². The van der Waals surface area contributed by atoms with Crippen molar-refractivity contribution in [1.29, 1.82) is 0 Å². The second-order valence-electron chi connectivity index (χ2n) is 6.85. The number of amides is 1. The summed E-state index contributed by atoms with van der Waals surface area (Å²) in [5.74, 6) is 1.64. The molecule has 1 saturated heterocycles. The van der Waals surface area contributed by atoms with Gasteiger partial charge < -0.3 is 9.80 Å². The number of carbonyl (C=O) groups excluding carboxylic acids is 1. The number of carbonyl (C=O) groups is 1. The van der Waals surface area contributed by atoms with Gasteiger partial charge in [0.1, 0.15) is 29.6 Å². The Morgan fingerprint density at radius 3 is 2.62 bits per heavy atom. The minimum Gasteiger partial charge on any atom is -0.353 e. The largest absolute Gasteiger partial charge is 0.353 e. The van der Waals surface area contributed by atoms with Crippen LogP contribution in [0.1, 0.15) is 11.4 Å². The second-order valence-corrected chi connectivity index (χ2v) is 7.25. The van der Waals surface area contributed by atoms with Crippen molar-refractivity contribution in [3.63, 3.8) is 0 Å². The van der Waals surface area contributed by atoms with Gasteiger partial charge in [-0.3, -0.25) is 9.36 Å². The van der Waals surface area contributed by atoms with Crippen molar-refractivity contribution in [3.8, 4) is 5.82 Å². The molecule has 4 rings (SSSR count). The zero-order chi connectivity index (χ0) is 20.4. The minimum absolute atomic E-state index is 0.0388. The number of imidazole rings is 1. The molecule has 0 atom stereocenters. The van der Waals surface area contributed by atoms with Gasteiger partial charge in [-0.25, -0.2) is 19.3 Å². The molecule has 150 valence electrons. The number of nitrogens with zero attached hydrogens (tertiary/aromatic N) is 6. The van der Waals surface area contributed by atoms with Gasteiger partial charge in [-0.2, -0.15) is 0 Å². The molecule has 9 heteroatoms. The van der Waals surface area contributed by atoms with Crippen LogP contribution in [0.15, 0.2) is 43.0 Å². The molecule has 0 unspecified atom stereocenters. The molecule has 0 bridgehead atoms. The van der Waals surface area contributed by atoms with E-state index in [1.165, 1.54) is 12.1 Å². The molecule has 0 saturated carbocycles. The van der Waals surface area contributed by atoms with Crippen molar-refractivity contribution in [2.45, 2.75) is 13.3 Å². The SMILES string of the molecule is Cc1nc(N2CCN(C(=O)Cc3c(F)cccc3Cl)CC2)cc(-n2ccnc2)n1. The zero-order valence-electron chi connectivity index (χ0n) is 15.9. The summed E-state index contributed by atoms with van der Waals surface area (Å²) in [5, 5.41) is 0.278. The Balaban J connectivity index is 1.43. The van der Waals surface area contributed by atoms with Gasteiger partial charge in [0.15, 0.2) is 0 Å². The summed E-state index contributed by atoms with van der Waals surface area (Å²) in [5.41, 5.74) is 0.248. The molecule has 1 amide bonds. The van der Waals surface area contributed by atoms with Crippen LogP contribution in [0.5, 0.6) is 0 Å². The van der Waals surface area contributed by atoms with E-state index in [9.17, 15) is 9.18 Å². The molecule has 2 aromatic heterocycles. The predicted molar refractivity (Wildman–Crippen MR) is 108 cm³/mol. The zero-order valence-corrected chi connectivity index (χ0v) is 16.7. The van der Waals surface area contributed by atoms with E-state index in [0.29, 0.717) is 32.0 Å². The third-order valence-corrected chi connectivity index (χ3v) is 5.28. The molecule has 0 spiro atoms. The van der Waals surface area contributed by atoms with Crippen molar-refractivity contribution >= 4 is 23.3 Å². The molecule has 29 heavy (non-hydrogen) atoms. The highest BCUT2D eigenvalue weighted by molar-refractivity contribution is 6.31. The van der Waals surface area contributed by atoms with Crippen LogP contribution < -0.4 is 4.90 Å². The van der Waals surface area contributed by atoms with E-state index in [4.69, 9.17) is 11.6 Å². The lowest BCUT2D eigenvalue weighted by Crippen LogP contribution is -2.49. The molecule has 1 aromatic carbocycles. The van der Waals surface area contributed by atoms with Gasteiger partial charge in [-0.05, 0) is 19.1 Å². The van der Waals surface area contributed by atoms with Gasteiger partial charge in [0.2, 0.25) is 5.91 Å². The maximum Gasteiger partial charge on any atom is 0.227 e. The van der Waals surface area contributed by atoms with Gasteiger partial charge in [0.05, 0.1) is 6.42 Å². The van der Waals surface area contributed by atoms with E-state index >= 15 is 0 Å². The Morgan fingerprint density at radius 1 is 1.17 bits per heavy atom. The first-order chi connectivity index (χ1) is 14.0. The van der Waals surface area contributed by atoms with Crippen LogP contribution in [0.25, 0.3) is 5.82 Å². The highest BCUT2D eigenvalue weighted by atomic mass is 35.5. The number of halogens is 2. The van der Waals surface area contributed by atoms with Crippen LogP contribution in [-0.2, 0) is 11.2 Å². The van der Waals surface area contributed by atoms with Crippen molar-refractivity contribution in [1.82, 2.24) is 24.4 Å². The average molecular weight is 415 g/mol. The molecular formula is C20H20ClFN6O. The molecule has 3 heterocycles. The fourth-order valence-corrected chi connectivity index (χ4v) is 3.60. The molecule has 3 aromatic rings. The van der Waals surface area contributed by atoms with Crippen LogP contribution in [0, 0.1) is 12.7 Å². The minimum atomic E-state index is -0.451. The van der Waals surface area contributed by atoms with Gasteiger partial charge in [0, 0.05) is 55.2 Å². The molecule has 1 aliphatic heterocycles. The number of aryl methyl sites for hydroxylation is 1. The van der Waals surface area contributed by atoms with E-state index in [1.54, 1.807) is 23.5 Å². The first-order valence-corrected chi connectivity index (χ1v) is 9.68. The highest BCUT2D eigenvalue weighted by Gasteiger charge is 2.24. The maximum atomic E-state index is 14.0. The lowest BCUT2D eigenvalue weighted by Gasteiger charge is -2.35. The van der Waals surface area contributed by atoms with Gasteiger partial charge in [-0.1, -0.05) is 17.7 Å². The molecule has 0 radical (unpaired) electrons. The first-order valence-electron chi connectivity index (χ1n) is 9.31. The molecule has 0 aliphatic carbocycles. The topological polar surface area (TPSA) is 67.2 Å². The Kier molecular flexibility index (Phi) is 5.44. The summed E-state index contributed by atoms with van der Waals surface area (Å²) in [6, 6.07) is 6.36. The quantitative estimate of drug-likeness (QED) is 0.656. The smallest absolute Gasteiger partial charge is 0.227 e. The van der Waals surface area contributed by atoms with E-state index in [2.05, 4.69) is 19.9 Å². The van der Waals surface area contributed by atoms with Crippen molar-refractivity contribution < 1.29 is 9.18 Å². The number of piperazine rings is 1. The maximum absolute atomic E-state index is 14.0. The summed E-state index contributed by atoms with van der Waals surface area (Å²) in [7, 11) is 0. The number of rotatable bonds is 4. The summed E-state index contributed by atoms with van der Waals surface area (Å²) in [6.07, 6.45) is 5.18. The third kappa shape index (κ3) is 4.22. The third-order valence-electron chi connectivity index (χ3n) is 4.93. The van der Waals surface area contributed by atoms with Crippen molar-refractivity contribution in [2.24, 2.45) is 0 Å². The fraction of sp³-hybridized carbons (Fsp3) is 0.300. The van der Waals surface area contributed by atoms with E-state index in [1.807, 2.05) is 23.8 Å². The van der Waals surface area contributed by atoms with Gasteiger partial charge in [-0.15, -0.1) is 0 Å². The second kappa shape index (κ2) is 8.16. The molecule has 0 N–H and O–H groups in total. The van der Waals surface area contributed by atoms with Gasteiger partial charge in [0.25, 0.3) is 0 Å². The Bertz CT molecular complexity index is 998. The molecule has 7 nitrogen and oxygen atoms in total. The average Bonchev–Trinajstić information content (AvgIpc) is 3.25. The fourth-order valence-electron chi connectivity index (χ4n) is 3.37. The Morgan fingerprint density at radius 2 is 1.93 bits per heavy atom. The van der Waals surface area contributed by atoms with Crippen molar-refractivity contribution in [2.75, 3.05) is 31.1 Å². The van der Waals surface area contributed by atoms with Crippen LogP contribution in [0.2, 0.25) is 5.02 Å². The van der Waals surface area contributed by atoms with E-state index in [-0.39, 0.29) is 22.9 Å². The number of hydrogen-bond acceptors (Lipinski definition) is 5. The van der Waals surface area contributed by atoms with Gasteiger partial charge >= 0.3 is 0 Å². The molecular weight excluding hydrogens is 395 g/mol. The van der Waals surface area contributed by atoms with Crippen LogP contribution in [-0.4, -0.2) is 56.5 Å². The summed E-state index contributed by atoms with van der Waals surface area (Å²) in [6.45, 7) is 4.19. The predicted octanol–water partition coefficient (Wildman–Crippen LogP) is 2.65. The highest BCUT2D eigenvalue weighted by Crippen LogP contribution is 2.21. The van der Waals surface area contributed by atoms with Crippen molar-refractivity contribution in [3.05, 3.63) is 65.2 Å². The molecule has 1 fully saturated rings. The summed E-state index contributed by atoms with van der Waals surface area (Å²) in [4.78, 5) is 29.5. The van der Waals surface area contributed by atoms with Crippen LogP contribution >= 0.6 is 11.6 Å². The molecule has 1 aliphatic rings. The normalized spacial score (nSPS) is 14.3. The van der Waals surface area contributed by atoms with Crippen LogP contribution in [0.4, 0.5) is 10.2 Å². The lowest BCUT2D eigenvalue weighted by atomic mass is 10.1. The number of anilines is 1. The lowest BCUT2D eigenvalue weighted by molar-refractivity contribution is -0.130. The first kappa shape index (κ1) is 19.3. The number of benzene rings is 1. The number of hydrogen-bond donors (Lipinski definition) is 0. The van der Waals surface area contributed by atoms with Crippen LogP contribution in [0.3, 0.4) is 0 Å². The standard InChI is InChI=1S/C20H20ClFN6O/c1-14-24-18(12-19(25-14)28-6-5-23-13-28)26-7-9-27(10-8-26)20(29)11-15-16(21)3-2-4-17(15)22/h2-6,12-13H,7-11H2,1H3. The number of aromatic nitrogens is 4. The summed E-state index contributed by atoms with van der Waals surface area (Å²) >= 11 is 6.05. The van der Waals surface area contributed by atoms with E-state index in [0.717, 1.165) is 11.6 Å².